The summed E-state index contributed by atoms with van der Waals surface area (Å²) < 4.78 is 38.9. The molecule has 0 aliphatic carbocycles. The van der Waals surface area contributed by atoms with Crippen molar-refractivity contribution in [3.05, 3.63) is 95.4 Å². The van der Waals surface area contributed by atoms with E-state index < -0.39 is 53.6 Å². The van der Waals surface area contributed by atoms with Crippen LogP contribution < -0.4 is 10.6 Å². The van der Waals surface area contributed by atoms with Gasteiger partial charge in [-0.05, 0) is 101 Å². The molecule has 70 heavy (non-hydrogen) atoms. The summed E-state index contributed by atoms with van der Waals surface area (Å²) in [5, 5.41) is 30.7. The number of benzene rings is 3. The molecule has 0 saturated carbocycles. The zero-order valence-electron chi connectivity index (χ0n) is 39.7. The highest BCUT2D eigenvalue weighted by Crippen LogP contribution is 2.34. The van der Waals surface area contributed by atoms with E-state index in [1.165, 1.54) is 12.1 Å². The highest BCUT2D eigenvalue weighted by Gasteiger charge is 2.44. The Morgan fingerprint density at radius 1 is 0.829 bits per heavy atom. The molecule has 4 aliphatic heterocycles. The van der Waals surface area contributed by atoms with E-state index in [1.54, 1.807) is 47.6 Å². The third-order valence-corrected chi connectivity index (χ3v) is 13.6. The Labute approximate surface area is 404 Å². The minimum absolute atomic E-state index is 0.0340. The first kappa shape index (κ1) is 48.6. The molecule has 17 nitrogen and oxygen atoms in total. The number of halogens is 2. The first-order valence-corrected chi connectivity index (χ1v) is 24.2. The highest BCUT2D eigenvalue weighted by molar-refractivity contribution is 6.22. The number of amides is 4. The molecule has 0 spiro atoms. The van der Waals surface area contributed by atoms with Gasteiger partial charge in [-0.15, -0.1) is 0 Å². The van der Waals surface area contributed by atoms with Gasteiger partial charge in [0.2, 0.25) is 5.91 Å². The Kier molecular flexibility index (Phi) is 14.2. The molecule has 6 heterocycles. The predicted octanol–water partition coefficient (Wildman–Crippen LogP) is 6.31. The quantitative estimate of drug-likeness (QED) is 0.0757. The van der Waals surface area contributed by atoms with Gasteiger partial charge in [0, 0.05) is 87.4 Å². The largest absolute Gasteiger partial charge is 0.444 e. The van der Waals surface area contributed by atoms with E-state index in [9.17, 15) is 29.4 Å². The molecular formula is C51H60F2N10O7. The lowest BCUT2D eigenvalue weighted by atomic mass is 10.0. The number of fused-ring (bicyclic) bond motifs is 2. The van der Waals surface area contributed by atoms with Gasteiger partial charge in [0.1, 0.15) is 29.7 Å². The third kappa shape index (κ3) is 10.7. The van der Waals surface area contributed by atoms with Crippen molar-refractivity contribution in [1.82, 2.24) is 44.7 Å². The Morgan fingerprint density at radius 3 is 2.30 bits per heavy atom. The summed E-state index contributed by atoms with van der Waals surface area (Å²) in [6.07, 6.45) is 7.77. The monoisotopic (exact) mass is 962 g/mol. The number of anilines is 1. The van der Waals surface area contributed by atoms with Crippen molar-refractivity contribution in [3.63, 3.8) is 0 Å². The molecule has 0 radical (unpaired) electrons. The average molecular weight is 963 g/mol. The number of nitrogens with one attached hydrogen (secondary N) is 2. The van der Waals surface area contributed by atoms with Crippen molar-refractivity contribution in [2.45, 2.75) is 109 Å². The van der Waals surface area contributed by atoms with Gasteiger partial charge in [-0.25, -0.2) is 18.6 Å². The number of unbranched alkanes of at least 4 members (excludes halogenated alkanes) is 2. The highest BCUT2D eigenvalue weighted by atomic mass is 19.1. The maximum absolute atomic E-state index is 15.7. The second kappa shape index (κ2) is 20.5. The van der Waals surface area contributed by atoms with E-state index in [0.717, 1.165) is 42.6 Å². The number of carbonyl (C=O) groups is 4. The van der Waals surface area contributed by atoms with Gasteiger partial charge < -0.3 is 30.1 Å². The number of ether oxygens (including phenoxy) is 1. The fourth-order valence-electron chi connectivity index (χ4n) is 9.79. The number of hydrogen-bond donors (Lipinski definition) is 4. The van der Waals surface area contributed by atoms with Gasteiger partial charge in [0.15, 0.2) is 0 Å². The van der Waals surface area contributed by atoms with Gasteiger partial charge in [0.25, 0.3) is 11.8 Å². The van der Waals surface area contributed by atoms with Crippen molar-refractivity contribution >= 4 is 40.5 Å². The number of imide groups is 1. The average Bonchev–Trinajstić information content (AvgIpc) is 3.93. The molecule has 4 aliphatic rings. The normalized spacial score (nSPS) is 20.3. The predicted molar refractivity (Wildman–Crippen MR) is 256 cm³/mol. The van der Waals surface area contributed by atoms with Crippen molar-refractivity contribution in [1.29, 1.82) is 0 Å². The molecule has 5 aromatic rings. The molecule has 0 bridgehead atoms. The van der Waals surface area contributed by atoms with E-state index in [2.05, 4.69) is 20.7 Å². The first-order chi connectivity index (χ1) is 33.6. The lowest BCUT2D eigenvalue weighted by Gasteiger charge is -2.36. The van der Waals surface area contributed by atoms with Gasteiger partial charge in [-0.2, -0.15) is 5.10 Å². The Bertz CT molecular complexity index is 2740. The van der Waals surface area contributed by atoms with Crippen LogP contribution in [0.2, 0.25) is 0 Å². The Hall–Kier alpha value is -6.41. The maximum Gasteiger partial charge on any atom is 0.410 e. The van der Waals surface area contributed by atoms with Gasteiger partial charge in [-0.3, -0.25) is 39.2 Å². The maximum atomic E-state index is 15.7. The van der Waals surface area contributed by atoms with Crippen LogP contribution >= 0.6 is 0 Å². The fraction of sp³-hybridized carbons (Fsp3) is 0.471. The summed E-state index contributed by atoms with van der Waals surface area (Å²) >= 11 is 0. The standard InChI is InChI=1S/C51H60F2N10O7/c1-51(2,3)70-50(69)61-22-20-59(21-23-61)30-38-39(52)24-31(25-40(38)53)35-8-7-9-41-46(35)57-42(28-55-41)32-27-56-62(29-32)34-15-18-60(19-16-34)45(65)10-5-4-6-17-54-33-11-12-36-37(26-33)49(68)63(48(36)67)43-13-14-44(64)58-47(43)66/h7-9,11-12,24-29,34,43-44,47,54,58,64,66H,4-6,10,13-23,30H2,1-3H3. The van der Waals surface area contributed by atoms with Crippen molar-refractivity contribution in [2.24, 2.45) is 0 Å². The molecule has 4 amide bonds. The van der Waals surface area contributed by atoms with E-state index in [1.807, 2.05) is 47.5 Å². The second-order valence-corrected chi connectivity index (χ2v) is 19.7. The molecule has 4 N–H and O–H groups in total. The van der Waals surface area contributed by atoms with Gasteiger partial charge in [-0.1, -0.05) is 18.6 Å². The summed E-state index contributed by atoms with van der Waals surface area (Å²) in [6, 6.07) is 12.4. The van der Waals surface area contributed by atoms with E-state index in [0.29, 0.717) is 104 Å². The molecule has 3 aromatic carbocycles. The van der Waals surface area contributed by atoms with Crippen LogP contribution in [0.1, 0.15) is 104 Å². The van der Waals surface area contributed by atoms with Crippen LogP contribution in [-0.2, 0) is 16.1 Å². The molecule has 19 heteroatoms. The lowest BCUT2D eigenvalue weighted by molar-refractivity contribution is -0.132. The number of aromatic nitrogens is 4. The topological polar surface area (TPSA) is 199 Å². The van der Waals surface area contributed by atoms with Crippen molar-refractivity contribution < 1.29 is 42.9 Å². The zero-order chi connectivity index (χ0) is 49.3. The second-order valence-electron chi connectivity index (χ2n) is 19.7. The van der Waals surface area contributed by atoms with Crippen LogP contribution in [-0.4, -0.2) is 143 Å². The Morgan fingerprint density at radius 2 is 1.57 bits per heavy atom. The summed E-state index contributed by atoms with van der Waals surface area (Å²) in [7, 11) is 0. The number of likely N-dealkylation sites (tertiary alicyclic amines) is 1. The van der Waals surface area contributed by atoms with Crippen molar-refractivity contribution in [3.8, 4) is 22.4 Å². The smallest absolute Gasteiger partial charge is 0.410 e. The minimum Gasteiger partial charge on any atom is -0.444 e. The van der Waals surface area contributed by atoms with Crippen LogP contribution in [0.3, 0.4) is 0 Å². The number of rotatable bonds is 13. The number of piperazine rings is 1. The zero-order valence-corrected chi connectivity index (χ0v) is 39.7. The molecule has 3 unspecified atom stereocenters. The number of carbonyl (C=O) groups excluding carboxylic acids is 4. The summed E-state index contributed by atoms with van der Waals surface area (Å²) in [4.78, 5) is 68.1. The molecular weight excluding hydrogens is 903 g/mol. The molecule has 3 fully saturated rings. The fourth-order valence-corrected chi connectivity index (χ4v) is 9.79. The van der Waals surface area contributed by atoms with Crippen LogP contribution in [0, 0.1) is 11.6 Å². The van der Waals surface area contributed by atoms with Crippen LogP contribution in [0.4, 0.5) is 19.3 Å². The number of para-hydroxylation sites is 1. The number of aliphatic hydroxyl groups is 2. The molecule has 370 valence electrons. The molecule has 3 atom stereocenters. The molecule has 9 rings (SSSR count). The number of hydrogen-bond acceptors (Lipinski definition) is 13. The Balaban J connectivity index is 0.734. The summed E-state index contributed by atoms with van der Waals surface area (Å²) in [5.74, 6) is -2.11. The van der Waals surface area contributed by atoms with Crippen LogP contribution in [0.5, 0.6) is 0 Å². The number of nitrogens with zero attached hydrogens (tertiary/aromatic N) is 8. The van der Waals surface area contributed by atoms with Crippen LogP contribution in [0.25, 0.3) is 33.4 Å². The lowest BCUT2D eigenvalue weighted by Crippen LogP contribution is -2.58. The van der Waals surface area contributed by atoms with Crippen molar-refractivity contribution in [2.75, 3.05) is 51.1 Å². The summed E-state index contributed by atoms with van der Waals surface area (Å²) in [6.45, 7) is 9.08. The molecule has 2 aromatic heterocycles. The molecule has 3 saturated heterocycles. The van der Waals surface area contributed by atoms with E-state index in [4.69, 9.17) is 9.72 Å². The van der Waals surface area contributed by atoms with E-state index >= 15 is 8.78 Å². The minimum atomic E-state index is -1.21. The number of piperidine rings is 2. The first-order valence-electron chi connectivity index (χ1n) is 24.2. The van der Waals surface area contributed by atoms with Crippen LogP contribution in [0.15, 0.2) is 67.1 Å². The summed E-state index contributed by atoms with van der Waals surface area (Å²) in [5.41, 5.74) is 3.93. The van der Waals surface area contributed by atoms with E-state index in [-0.39, 0.29) is 29.6 Å². The number of aliphatic hydroxyl groups excluding tert-OH is 2. The SMILES string of the molecule is CC(C)(C)OC(=O)N1CCN(Cc2c(F)cc(-c3cccc4ncc(-c5cnn(C6CCN(C(=O)CCCCCNc7ccc8c(c7)C(=O)N(C7CCC(O)NC7O)C8=O)CC6)c5)nc34)cc2F)CC1. The van der Waals surface area contributed by atoms with Gasteiger partial charge >= 0.3 is 6.09 Å². The van der Waals surface area contributed by atoms with Gasteiger partial charge in [0.05, 0.1) is 52.3 Å². The third-order valence-electron chi connectivity index (χ3n) is 13.6.